The first kappa shape index (κ1) is 18.1. The van der Waals surface area contributed by atoms with E-state index in [0.717, 1.165) is 11.4 Å². The van der Waals surface area contributed by atoms with E-state index in [0.29, 0.717) is 0 Å². The molecule has 0 bridgehead atoms. The first-order chi connectivity index (χ1) is 12.6. The van der Waals surface area contributed by atoms with Crippen LogP contribution in [-0.4, -0.2) is 5.78 Å². The Morgan fingerprint density at radius 1 is 0.769 bits per heavy atom. The topological polar surface area (TPSA) is 29.1 Å². The Balaban J connectivity index is 2.10. The van der Waals surface area contributed by atoms with Crippen molar-refractivity contribution in [3.63, 3.8) is 0 Å². The molecule has 0 saturated heterocycles. The van der Waals surface area contributed by atoms with Crippen molar-refractivity contribution in [2.24, 2.45) is 0 Å². The van der Waals surface area contributed by atoms with Gasteiger partial charge >= 0.3 is 0 Å². The van der Waals surface area contributed by atoms with Gasteiger partial charge in [0.1, 0.15) is 0 Å². The molecule has 0 radical (unpaired) electrons. The second-order valence-electron chi connectivity index (χ2n) is 6.09. The fourth-order valence-electron chi connectivity index (χ4n) is 2.91. The lowest BCUT2D eigenvalue weighted by Crippen LogP contribution is -2.23. The Labute approximate surface area is 156 Å². The summed E-state index contributed by atoms with van der Waals surface area (Å²) in [4.78, 5) is 11.4. The lowest BCUT2D eigenvalue weighted by molar-refractivity contribution is -0.112. The van der Waals surface area contributed by atoms with Crippen LogP contribution >= 0.6 is 7.92 Å². The maximum absolute atomic E-state index is 11.4. The van der Waals surface area contributed by atoms with Crippen molar-refractivity contribution >= 4 is 35.3 Å². The van der Waals surface area contributed by atoms with Crippen LogP contribution in [0.2, 0.25) is 0 Å². The van der Waals surface area contributed by atoms with Gasteiger partial charge in [0.25, 0.3) is 0 Å². The minimum Gasteiger partial charge on any atom is -0.359 e. The molecule has 1 N–H and O–H groups in total. The fraction of sp³-hybridized carbons (Fsp3) is 0.0870. The van der Waals surface area contributed by atoms with Gasteiger partial charge in [0, 0.05) is 16.7 Å². The maximum atomic E-state index is 11.4. The Hall–Kier alpha value is -2.70. The van der Waals surface area contributed by atoms with Crippen molar-refractivity contribution < 1.29 is 4.79 Å². The van der Waals surface area contributed by atoms with Gasteiger partial charge in [-0.05, 0) is 44.5 Å². The van der Waals surface area contributed by atoms with Crippen molar-refractivity contribution in [2.75, 3.05) is 5.32 Å². The molecule has 0 atom stereocenters. The number of hydrogen-bond acceptors (Lipinski definition) is 2. The summed E-state index contributed by atoms with van der Waals surface area (Å²) in [6.45, 7) is 3.49. The summed E-state index contributed by atoms with van der Waals surface area (Å²) in [6, 6.07) is 29.6. The Kier molecular flexibility index (Phi) is 5.99. The highest BCUT2D eigenvalue weighted by molar-refractivity contribution is 7.80. The summed E-state index contributed by atoms with van der Waals surface area (Å²) in [5, 5.41) is 7.27. The Morgan fingerprint density at radius 3 is 1.81 bits per heavy atom. The van der Waals surface area contributed by atoms with Crippen molar-refractivity contribution in [1.82, 2.24) is 0 Å². The first-order valence-electron chi connectivity index (χ1n) is 8.60. The maximum Gasteiger partial charge on any atom is 0.154 e. The average Bonchev–Trinajstić information content (AvgIpc) is 2.64. The van der Waals surface area contributed by atoms with Crippen LogP contribution in [-0.2, 0) is 4.79 Å². The summed E-state index contributed by atoms with van der Waals surface area (Å²) < 4.78 is 0. The number of carbonyl (C=O) groups is 1. The highest BCUT2D eigenvalue weighted by atomic mass is 31.1. The van der Waals surface area contributed by atoms with Crippen LogP contribution in [0.3, 0.4) is 0 Å². The first-order valence-corrected chi connectivity index (χ1v) is 9.94. The zero-order valence-electron chi connectivity index (χ0n) is 15.0. The van der Waals surface area contributed by atoms with E-state index >= 15 is 0 Å². The average molecular weight is 359 g/mol. The molecule has 0 aromatic heterocycles. The molecule has 0 amide bonds. The third-order valence-corrected chi connectivity index (χ3v) is 6.43. The van der Waals surface area contributed by atoms with Crippen LogP contribution in [0.25, 0.3) is 0 Å². The number of allylic oxidation sites excluding steroid dienone is 2. The fourth-order valence-corrected chi connectivity index (χ4v) is 5.31. The molecular formula is C23H22NOP. The van der Waals surface area contributed by atoms with E-state index in [2.05, 4.69) is 72.0 Å². The van der Waals surface area contributed by atoms with Crippen molar-refractivity contribution in [3.05, 3.63) is 96.7 Å². The van der Waals surface area contributed by atoms with Crippen LogP contribution in [0.15, 0.2) is 96.7 Å². The molecule has 2 nitrogen and oxygen atoms in total. The van der Waals surface area contributed by atoms with Gasteiger partial charge in [-0.2, -0.15) is 0 Å². The molecule has 0 unspecified atom stereocenters. The molecule has 0 fully saturated rings. The van der Waals surface area contributed by atoms with Crippen LogP contribution in [0, 0.1) is 0 Å². The standard InChI is InChI=1S/C23H22NOP/c1-18(17-19(2)25)24-22-15-9-10-16-23(22)26(20-11-5-3-6-12-20)21-13-7-4-8-14-21/h3-17,24H,1-2H3/b18-17+. The number of ketones is 1. The SMILES string of the molecule is CC(=O)/C=C(\C)Nc1ccccc1P(c1ccccc1)c1ccccc1. The smallest absolute Gasteiger partial charge is 0.154 e. The minimum absolute atomic E-state index is 0.0425. The monoisotopic (exact) mass is 359 g/mol. The van der Waals surface area contributed by atoms with Gasteiger partial charge in [0.2, 0.25) is 0 Å². The molecule has 3 aromatic carbocycles. The molecule has 0 aliphatic rings. The summed E-state index contributed by atoms with van der Waals surface area (Å²) >= 11 is 0. The number of para-hydroxylation sites is 1. The zero-order chi connectivity index (χ0) is 18.4. The quantitative estimate of drug-likeness (QED) is 0.524. The molecule has 0 spiro atoms. The van der Waals surface area contributed by atoms with E-state index < -0.39 is 7.92 Å². The van der Waals surface area contributed by atoms with Crippen LogP contribution in [0.4, 0.5) is 5.69 Å². The number of rotatable bonds is 6. The summed E-state index contributed by atoms with van der Waals surface area (Å²) in [7, 11) is -0.692. The van der Waals surface area contributed by atoms with Gasteiger partial charge in [0.15, 0.2) is 5.78 Å². The molecule has 0 heterocycles. The second-order valence-corrected chi connectivity index (χ2v) is 8.27. The largest absolute Gasteiger partial charge is 0.359 e. The molecule has 0 aliphatic heterocycles. The Bertz CT molecular complexity index is 864. The van der Waals surface area contributed by atoms with E-state index in [-0.39, 0.29) is 5.78 Å². The van der Waals surface area contributed by atoms with Gasteiger partial charge in [-0.25, -0.2) is 0 Å². The zero-order valence-corrected chi connectivity index (χ0v) is 15.9. The molecular weight excluding hydrogens is 337 g/mol. The highest BCUT2D eigenvalue weighted by Crippen LogP contribution is 2.35. The Morgan fingerprint density at radius 2 is 1.27 bits per heavy atom. The van der Waals surface area contributed by atoms with E-state index in [1.807, 2.05) is 25.1 Å². The molecule has 3 heteroatoms. The van der Waals surface area contributed by atoms with Gasteiger partial charge in [-0.3, -0.25) is 4.79 Å². The molecule has 3 aromatic rings. The lowest BCUT2D eigenvalue weighted by Gasteiger charge is -2.23. The number of nitrogens with one attached hydrogen (secondary N) is 1. The normalized spacial score (nSPS) is 11.4. The van der Waals surface area contributed by atoms with E-state index in [4.69, 9.17) is 0 Å². The second kappa shape index (κ2) is 8.60. The van der Waals surface area contributed by atoms with Crippen LogP contribution in [0.5, 0.6) is 0 Å². The third-order valence-electron chi connectivity index (χ3n) is 3.93. The number of hydrogen-bond donors (Lipinski definition) is 1. The van der Waals surface area contributed by atoms with Crippen LogP contribution in [0.1, 0.15) is 13.8 Å². The lowest BCUT2D eigenvalue weighted by atomic mass is 10.3. The summed E-state index contributed by atoms with van der Waals surface area (Å²) in [5.41, 5.74) is 1.89. The van der Waals surface area contributed by atoms with Crippen molar-refractivity contribution in [3.8, 4) is 0 Å². The number of anilines is 1. The van der Waals surface area contributed by atoms with Gasteiger partial charge in [-0.1, -0.05) is 78.9 Å². The van der Waals surface area contributed by atoms with E-state index in [9.17, 15) is 4.79 Å². The van der Waals surface area contributed by atoms with E-state index in [1.54, 1.807) is 13.0 Å². The highest BCUT2D eigenvalue weighted by Gasteiger charge is 2.19. The van der Waals surface area contributed by atoms with Crippen molar-refractivity contribution in [2.45, 2.75) is 13.8 Å². The summed E-state index contributed by atoms with van der Waals surface area (Å²) in [6.07, 6.45) is 1.63. The molecule has 0 saturated carbocycles. The van der Waals surface area contributed by atoms with Gasteiger partial charge in [0.05, 0.1) is 0 Å². The van der Waals surface area contributed by atoms with Gasteiger partial charge in [-0.15, -0.1) is 0 Å². The number of benzene rings is 3. The molecule has 26 heavy (non-hydrogen) atoms. The molecule has 3 rings (SSSR count). The van der Waals surface area contributed by atoms with Crippen molar-refractivity contribution in [1.29, 1.82) is 0 Å². The minimum atomic E-state index is -0.692. The molecule has 0 aliphatic carbocycles. The third kappa shape index (κ3) is 4.47. The predicted octanol–water partition coefficient (Wildman–Crippen LogP) is 4.35. The summed E-state index contributed by atoms with van der Waals surface area (Å²) in [5.74, 6) is 0.0425. The van der Waals surface area contributed by atoms with Crippen LogP contribution < -0.4 is 21.2 Å². The number of carbonyl (C=O) groups excluding carboxylic acids is 1. The van der Waals surface area contributed by atoms with E-state index in [1.165, 1.54) is 15.9 Å². The predicted molar refractivity (Wildman–Crippen MR) is 113 cm³/mol. The van der Waals surface area contributed by atoms with Gasteiger partial charge < -0.3 is 5.32 Å². The molecule has 130 valence electrons.